The van der Waals surface area contributed by atoms with Gasteiger partial charge in [0.1, 0.15) is 7.85 Å². The lowest BCUT2D eigenvalue weighted by Gasteiger charge is -1.97. The number of hydrogen-bond acceptors (Lipinski definition) is 1. The molecule has 1 aromatic heterocycles. The van der Waals surface area contributed by atoms with E-state index in [0.29, 0.717) is 10.8 Å². The third kappa shape index (κ3) is 1.03. The molecule has 0 bridgehead atoms. The minimum atomic E-state index is -0.00366. The van der Waals surface area contributed by atoms with Crippen molar-refractivity contribution in [1.82, 2.24) is 4.98 Å². The summed E-state index contributed by atoms with van der Waals surface area (Å²) in [7, 11) is 5.54. The minimum absolute atomic E-state index is 0.00366. The zero-order chi connectivity index (χ0) is 8.55. The van der Waals surface area contributed by atoms with Gasteiger partial charge in [0.15, 0.2) is 5.43 Å². The number of fused-ring (bicyclic) bond motifs is 1. The van der Waals surface area contributed by atoms with Gasteiger partial charge >= 0.3 is 0 Å². The summed E-state index contributed by atoms with van der Waals surface area (Å²) in [5.74, 6) is 0. The van der Waals surface area contributed by atoms with Crippen LogP contribution in [0.4, 0.5) is 0 Å². The second-order valence-corrected chi connectivity index (χ2v) is 2.65. The molecule has 0 unspecified atom stereocenters. The summed E-state index contributed by atoms with van der Waals surface area (Å²) < 4.78 is 0. The predicted molar refractivity (Wildman–Crippen MR) is 50.0 cm³/mol. The number of nitrogens with one attached hydrogen (secondary N) is 1. The summed E-state index contributed by atoms with van der Waals surface area (Å²) in [6.45, 7) is 0. The molecule has 3 heteroatoms. The topological polar surface area (TPSA) is 32.9 Å². The predicted octanol–water partition coefficient (Wildman–Crippen LogP) is 0.322. The van der Waals surface area contributed by atoms with E-state index in [1.54, 1.807) is 24.4 Å². The summed E-state index contributed by atoms with van der Waals surface area (Å²) in [6.07, 6.45) is 1.63. The fraction of sp³-hybridized carbons (Fsp3) is 0. The highest BCUT2D eigenvalue weighted by molar-refractivity contribution is 6.33. The summed E-state index contributed by atoms with van der Waals surface area (Å²) >= 11 is 0. The summed E-state index contributed by atoms with van der Waals surface area (Å²) in [5.41, 5.74) is 1.42. The first-order chi connectivity index (χ1) is 5.77. The van der Waals surface area contributed by atoms with Crippen LogP contribution >= 0.6 is 0 Å². The van der Waals surface area contributed by atoms with Crippen molar-refractivity contribution >= 4 is 24.2 Å². The Morgan fingerprint density at radius 3 is 2.92 bits per heavy atom. The van der Waals surface area contributed by atoms with Crippen molar-refractivity contribution in [3.8, 4) is 0 Å². The molecule has 1 aromatic carbocycles. The van der Waals surface area contributed by atoms with Crippen molar-refractivity contribution in [1.29, 1.82) is 0 Å². The molecule has 1 heterocycles. The number of rotatable bonds is 0. The largest absolute Gasteiger partial charge is 0.361 e. The molecule has 0 aliphatic heterocycles. The Balaban J connectivity index is 2.98. The number of pyridine rings is 1. The average molecular weight is 155 g/mol. The molecule has 1 N–H and O–H groups in total. The molecule has 0 atom stereocenters. The van der Waals surface area contributed by atoms with Gasteiger partial charge in [-0.25, -0.2) is 0 Å². The molecule has 2 radical (unpaired) electrons. The molecule has 0 saturated heterocycles. The maximum absolute atomic E-state index is 11.3. The maximum atomic E-state index is 11.3. The fourth-order valence-electron chi connectivity index (χ4n) is 1.19. The third-order valence-electron chi connectivity index (χ3n) is 1.78. The highest BCUT2D eigenvalue weighted by Crippen LogP contribution is 2.01. The molecule has 0 amide bonds. The van der Waals surface area contributed by atoms with Crippen LogP contribution in [-0.2, 0) is 0 Å². The van der Waals surface area contributed by atoms with Gasteiger partial charge in [-0.1, -0.05) is 17.6 Å². The van der Waals surface area contributed by atoms with Gasteiger partial charge in [-0.3, -0.25) is 4.79 Å². The third-order valence-corrected chi connectivity index (χ3v) is 1.78. The summed E-state index contributed by atoms with van der Waals surface area (Å²) in [5, 5.41) is 0.637. The van der Waals surface area contributed by atoms with Gasteiger partial charge in [-0.05, 0) is 6.07 Å². The molecule has 0 fully saturated rings. The molecular formula is C9H6BNO. The smallest absolute Gasteiger partial charge is 0.189 e. The Bertz CT molecular complexity index is 475. The van der Waals surface area contributed by atoms with Crippen LogP contribution in [0.5, 0.6) is 0 Å². The lowest BCUT2D eigenvalue weighted by molar-refractivity contribution is 1.39. The van der Waals surface area contributed by atoms with Gasteiger partial charge in [0, 0.05) is 23.2 Å². The number of H-pyrrole nitrogens is 1. The lowest BCUT2D eigenvalue weighted by atomic mass is 9.95. The van der Waals surface area contributed by atoms with E-state index in [4.69, 9.17) is 7.85 Å². The van der Waals surface area contributed by atoms with Gasteiger partial charge < -0.3 is 4.98 Å². The van der Waals surface area contributed by atoms with E-state index >= 15 is 0 Å². The van der Waals surface area contributed by atoms with E-state index in [1.807, 2.05) is 0 Å². The normalized spacial score (nSPS) is 10.3. The van der Waals surface area contributed by atoms with Crippen molar-refractivity contribution < 1.29 is 0 Å². The van der Waals surface area contributed by atoms with Crippen molar-refractivity contribution in [2.24, 2.45) is 0 Å². The average Bonchev–Trinajstić information content (AvgIpc) is 2.07. The van der Waals surface area contributed by atoms with Gasteiger partial charge in [0.05, 0.1) is 0 Å². The van der Waals surface area contributed by atoms with Crippen molar-refractivity contribution in [2.75, 3.05) is 0 Å². The second kappa shape index (κ2) is 2.52. The van der Waals surface area contributed by atoms with E-state index in [0.717, 1.165) is 5.52 Å². The van der Waals surface area contributed by atoms with Gasteiger partial charge in [-0.2, -0.15) is 0 Å². The fourth-order valence-corrected chi connectivity index (χ4v) is 1.19. The van der Waals surface area contributed by atoms with Crippen molar-refractivity contribution in [2.45, 2.75) is 0 Å². The maximum Gasteiger partial charge on any atom is 0.189 e. The monoisotopic (exact) mass is 155 g/mol. The first kappa shape index (κ1) is 7.16. The van der Waals surface area contributed by atoms with Crippen molar-refractivity contribution in [3.05, 3.63) is 40.7 Å². The Hall–Kier alpha value is -1.51. The molecule has 0 aliphatic carbocycles. The van der Waals surface area contributed by atoms with E-state index < -0.39 is 0 Å². The Labute approximate surface area is 70.6 Å². The van der Waals surface area contributed by atoms with Gasteiger partial charge in [-0.15, -0.1) is 0 Å². The van der Waals surface area contributed by atoms with Crippen molar-refractivity contribution in [3.63, 3.8) is 0 Å². The Kier molecular flexibility index (Phi) is 1.50. The number of benzene rings is 1. The molecule has 0 saturated carbocycles. The molecular weight excluding hydrogens is 149 g/mol. The van der Waals surface area contributed by atoms with Crippen LogP contribution in [0.2, 0.25) is 0 Å². The Morgan fingerprint density at radius 1 is 1.25 bits per heavy atom. The number of hydrogen-bond donors (Lipinski definition) is 1. The van der Waals surface area contributed by atoms with Crippen LogP contribution in [0.15, 0.2) is 35.3 Å². The minimum Gasteiger partial charge on any atom is -0.361 e. The SMILES string of the molecule is [B]c1ccc2[nH]ccc(=O)c2c1. The molecule has 0 aliphatic rings. The van der Waals surface area contributed by atoms with Crippen LogP contribution in [0, 0.1) is 0 Å². The number of aromatic amines is 1. The highest BCUT2D eigenvalue weighted by atomic mass is 16.1. The summed E-state index contributed by atoms with van der Waals surface area (Å²) in [4.78, 5) is 14.2. The molecule has 0 spiro atoms. The second-order valence-electron chi connectivity index (χ2n) is 2.65. The molecule has 2 aromatic rings. The highest BCUT2D eigenvalue weighted by Gasteiger charge is 1.95. The quantitative estimate of drug-likeness (QED) is 0.546. The molecule has 2 nitrogen and oxygen atoms in total. The molecule has 12 heavy (non-hydrogen) atoms. The first-order valence-electron chi connectivity index (χ1n) is 3.64. The van der Waals surface area contributed by atoms with Gasteiger partial charge in [0.25, 0.3) is 0 Å². The zero-order valence-electron chi connectivity index (χ0n) is 6.37. The van der Waals surface area contributed by atoms with E-state index in [-0.39, 0.29) is 5.43 Å². The van der Waals surface area contributed by atoms with Gasteiger partial charge in [0.2, 0.25) is 0 Å². The van der Waals surface area contributed by atoms with E-state index in [9.17, 15) is 4.79 Å². The zero-order valence-corrected chi connectivity index (χ0v) is 6.37. The number of aromatic nitrogens is 1. The Morgan fingerprint density at radius 2 is 2.08 bits per heavy atom. The van der Waals surface area contributed by atoms with Crippen LogP contribution in [0.25, 0.3) is 10.9 Å². The van der Waals surface area contributed by atoms with E-state index in [2.05, 4.69) is 4.98 Å². The van der Waals surface area contributed by atoms with Crippen LogP contribution in [0.1, 0.15) is 0 Å². The lowest BCUT2D eigenvalue weighted by Crippen LogP contribution is -2.06. The molecule has 56 valence electrons. The first-order valence-corrected chi connectivity index (χ1v) is 3.64. The van der Waals surface area contributed by atoms with Crippen LogP contribution in [0.3, 0.4) is 0 Å². The van der Waals surface area contributed by atoms with Crippen LogP contribution in [-0.4, -0.2) is 12.8 Å². The standard InChI is InChI=1S/C9H6BNO/c10-6-1-2-8-7(5-6)9(12)3-4-11-8/h1-5H,(H,11,12). The molecule has 2 rings (SSSR count). The van der Waals surface area contributed by atoms with E-state index in [1.165, 1.54) is 6.07 Å². The van der Waals surface area contributed by atoms with Crippen LogP contribution < -0.4 is 10.9 Å². The summed E-state index contributed by atoms with van der Waals surface area (Å²) in [6, 6.07) is 6.72.